The van der Waals surface area contributed by atoms with Crippen molar-refractivity contribution < 1.29 is 0 Å². The summed E-state index contributed by atoms with van der Waals surface area (Å²) in [5, 5.41) is 5.80. The lowest BCUT2D eigenvalue weighted by Gasteiger charge is -2.34. The van der Waals surface area contributed by atoms with Gasteiger partial charge in [0, 0.05) is 30.2 Å². The molecule has 4 heteroatoms. The van der Waals surface area contributed by atoms with Gasteiger partial charge >= 0.3 is 0 Å². The zero-order valence-electron chi connectivity index (χ0n) is 10.9. The Bertz CT molecular complexity index is 469. The number of fused-ring (bicyclic) bond motifs is 1. The lowest BCUT2D eigenvalue weighted by Crippen LogP contribution is -2.41. The zero-order chi connectivity index (χ0) is 12.4. The smallest absolute Gasteiger partial charge is 0.193 e. The van der Waals surface area contributed by atoms with E-state index in [0.29, 0.717) is 6.04 Å². The molecule has 98 valence electrons. The van der Waals surface area contributed by atoms with Crippen molar-refractivity contribution >= 4 is 16.3 Å². The molecule has 1 fully saturated rings. The van der Waals surface area contributed by atoms with Gasteiger partial charge in [0.1, 0.15) is 0 Å². The van der Waals surface area contributed by atoms with Gasteiger partial charge in [0.15, 0.2) is 4.96 Å². The first-order valence-corrected chi connectivity index (χ1v) is 7.89. The van der Waals surface area contributed by atoms with Crippen molar-refractivity contribution in [3.05, 3.63) is 23.5 Å². The summed E-state index contributed by atoms with van der Waals surface area (Å²) in [6.45, 7) is 3.36. The van der Waals surface area contributed by atoms with Crippen LogP contribution in [0.5, 0.6) is 0 Å². The first kappa shape index (κ1) is 12.2. The Morgan fingerprint density at radius 1 is 1.56 bits per heavy atom. The minimum Gasteiger partial charge on any atom is -0.313 e. The molecule has 2 aromatic heterocycles. The van der Waals surface area contributed by atoms with E-state index in [2.05, 4.69) is 34.4 Å². The highest BCUT2D eigenvalue weighted by Gasteiger charge is 2.27. The molecule has 1 aliphatic carbocycles. The van der Waals surface area contributed by atoms with Crippen LogP contribution >= 0.6 is 11.3 Å². The molecule has 3 rings (SSSR count). The molecule has 0 saturated heterocycles. The Kier molecular flexibility index (Phi) is 3.66. The maximum absolute atomic E-state index is 4.70. The SMILES string of the molecule is CCCNC(Cc1cn2ccsc2n1)C1CCC1. The van der Waals surface area contributed by atoms with Gasteiger partial charge in [-0.25, -0.2) is 4.98 Å². The van der Waals surface area contributed by atoms with Crippen molar-refractivity contribution in [1.29, 1.82) is 0 Å². The first-order chi connectivity index (χ1) is 8.86. The Labute approximate surface area is 112 Å². The van der Waals surface area contributed by atoms with E-state index in [9.17, 15) is 0 Å². The van der Waals surface area contributed by atoms with E-state index >= 15 is 0 Å². The number of imidazole rings is 1. The fourth-order valence-electron chi connectivity index (χ4n) is 2.68. The highest BCUT2D eigenvalue weighted by Crippen LogP contribution is 2.31. The molecule has 0 bridgehead atoms. The molecular weight excluding hydrogens is 242 g/mol. The highest BCUT2D eigenvalue weighted by molar-refractivity contribution is 7.15. The summed E-state index contributed by atoms with van der Waals surface area (Å²) in [7, 11) is 0. The summed E-state index contributed by atoms with van der Waals surface area (Å²) in [6, 6.07) is 0.628. The molecule has 0 amide bonds. The highest BCUT2D eigenvalue weighted by atomic mass is 32.1. The summed E-state index contributed by atoms with van der Waals surface area (Å²) < 4.78 is 2.14. The molecule has 18 heavy (non-hydrogen) atoms. The molecule has 3 nitrogen and oxygen atoms in total. The van der Waals surface area contributed by atoms with Crippen LogP contribution in [0.4, 0.5) is 0 Å². The second-order valence-electron chi connectivity index (χ2n) is 5.28. The van der Waals surface area contributed by atoms with Crippen molar-refractivity contribution in [2.45, 2.75) is 45.1 Å². The quantitative estimate of drug-likeness (QED) is 0.867. The molecule has 1 saturated carbocycles. The van der Waals surface area contributed by atoms with Gasteiger partial charge in [-0.15, -0.1) is 11.3 Å². The van der Waals surface area contributed by atoms with Crippen LogP contribution in [0.2, 0.25) is 0 Å². The zero-order valence-corrected chi connectivity index (χ0v) is 11.7. The maximum Gasteiger partial charge on any atom is 0.193 e. The molecule has 1 unspecified atom stereocenters. The van der Waals surface area contributed by atoms with E-state index in [-0.39, 0.29) is 0 Å². The predicted octanol–water partition coefficient (Wildman–Crippen LogP) is 3.11. The van der Waals surface area contributed by atoms with Gasteiger partial charge in [-0.2, -0.15) is 0 Å². The summed E-state index contributed by atoms with van der Waals surface area (Å²) in [6.07, 6.45) is 10.8. The molecule has 0 radical (unpaired) electrons. The maximum atomic E-state index is 4.70. The lowest BCUT2D eigenvalue weighted by molar-refractivity contribution is 0.227. The van der Waals surface area contributed by atoms with E-state index < -0.39 is 0 Å². The van der Waals surface area contributed by atoms with E-state index in [1.807, 2.05) is 0 Å². The van der Waals surface area contributed by atoms with Crippen molar-refractivity contribution in [2.75, 3.05) is 6.54 Å². The van der Waals surface area contributed by atoms with Crippen molar-refractivity contribution in [3.8, 4) is 0 Å². The van der Waals surface area contributed by atoms with Crippen LogP contribution in [0.1, 0.15) is 38.3 Å². The Balaban J connectivity index is 1.68. The second kappa shape index (κ2) is 5.41. The molecular formula is C14H21N3S. The lowest BCUT2D eigenvalue weighted by atomic mass is 9.78. The van der Waals surface area contributed by atoms with Crippen molar-refractivity contribution in [1.82, 2.24) is 14.7 Å². The Morgan fingerprint density at radius 3 is 3.11 bits per heavy atom. The largest absolute Gasteiger partial charge is 0.313 e. The van der Waals surface area contributed by atoms with E-state index in [1.165, 1.54) is 31.4 Å². The molecule has 2 heterocycles. The molecule has 1 N–H and O–H groups in total. The van der Waals surface area contributed by atoms with Crippen LogP contribution in [0.3, 0.4) is 0 Å². The van der Waals surface area contributed by atoms with E-state index in [1.54, 1.807) is 11.3 Å². The van der Waals surface area contributed by atoms with Gasteiger partial charge in [0.05, 0.1) is 5.69 Å². The van der Waals surface area contributed by atoms with Gasteiger partial charge in [-0.3, -0.25) is 4.40 Å². The number of nitrogens with zero attached hydrogens (tertiary/aromatic N) is 2. The third kappa shape index (κ3) is 2.45. The average Bonchev–Trinajstić information content (AvgIpc) is 2.83. The third-order valence-electron chi connectivity index (χ3n) is 3.95. The fourth-order valence-corrected chi connectivity index (χ4v) is 3.40. The Hall–Kier alpha value is -0.870. The Morgan fingerprint density at radius 2 is 2.44 bits per heavy atom. The van der Waals surface area contributed by atoms with Gasteiger partial charge in [0.2, 0.25) is 0 Å². The van der Waals surface area contributed by atoms with Gasteiger partial charge < -0.3 is 5.32 Å². The summed E-state index contributed by atoms with van der Waals surface area (Å²) in [5.41, 5.74) is 1.24. The van der Waals surface area contributed by atoms with Gasteiger partial charge in [-0.1, -0.05) is 13.3 Å². The number of hydrogen-bond acceptors (Lipinski definition) is 3. The predicted molar refractivity (Wildman–Crippen MR) is 76.2 cm³/mol. The fraction of sp³-hybridized carbons (Fsp3) is 0.643. The summed E-state index contributed by atoms with van der Waals surface area (Å²) >= 11 is 1.71. The molecule has 1 atom stereocenters. The van der Waals surface area contributed by atoms with Gasteiger partial charge in [0.25, 0.3) is 0 Å². The van der Waals surface area contributed by atoms with Crippen LogP contribution in [0.15, 0.2) is 17.8 Å². The molecule has 0 spiro atoms. The number of nitrogens with one attached hydrogen (secondary N) is 1. The standard InChI is InChI=1S/C14H21N3S/c1-2-6-15-13(11-4-3-5-11)9-12-10-17-7-8-18-14(17)16-12/h7-8,10-11,13,15H,2-6,9H2,1H3. The normalized spacial score (nSPS) is 18.1. The second-order valence-corrected chi connectivity index (χ2v) is 6.15. The van der Waals surface area contributed by atoms with Crippen molar-refractivity contribution in [3.63, 3.8) is 0 Å². The minimum atomic E-state index is 0.628. The number of aromatic nitrogens is 2. The van der Waals surface area contributed by atoms with Crippen LogP contribution < -0.4 is 5.32 Å². The summed E-state index contributed by atoms with van der Waals surface area (Å²) in [4.78, 5) is 5.82. The van der Waals surface area contributed by atoms with Crippen LogP contribution in [0.25, 0.3) is 4.96 Å². The number of hydrogen-bond donors (Lipinski definition) is 1. The first-order valence-electron chi connectivity index (χ1n) is 7.01. The molecule has 2 aromatic rings. The topological polar surface area (TPSA) is 29.3 Å². The third-order valence-corrected chi connectivity index (χ3v) is 4.72. The van der Waals surface area contributed by atoms with E-state index in [0.717, 1.165) is 23.8 Å². The van der Waals surface area contributed by atoms with Crippen LogP contribution in [-0.2, 0) is 6.42 Å². The van der Waals surface area contributed by atoms with E-state index in [4.69, 9.17) is 4.98 Å². The summed E-state index contributed by atoms with van der Waals surface area (Å²) in [5.74, 6) is 0.872. The number of rotatable bonds is 6. The molecule has 0 aromatic carbocycles. The average molecular weight is 263 g/mol. The van der Waals surface area contributed by atoms with Crippen LogP contribution in [-0.4, -0.2) is 22.0 Å². The minimum absolute atomic E-state index is 0.628. The van der Waals surface area contributed by atoms with Crippen LogP contribution in [0, 0.1) is 5.92 Å². The van der Waals surface area contributed by atoms with Gasteiger partial charge in [-0.05, 0) is 31.7 Å². The monoisotopic (exact) mass is 263 g/mol. The molecule has 1 aliphatic rings. The molecule has 0 aliphatic heterocycles. The van der Waals surface area contributed by atoms with Crippen molar-refractivity contribution in [2.24, 2.45) is 5.92 Å². The number of thiazole rings is 1.